The Morgan fingerprint density at radius 3 is 2.80 bits per heavy atom. The second kappa shape index (κ2) is 8.27. The second-order valence-electron chi connectivity index (χ2n) is 6.41. The Kier molecular flexibility index (Phi) is 5.83. The first-order valence-corrected chi connectivity index (χ1v) is 8.77. The van der Waals surface area contributed by atoms with Crippen LogP contribution in [0, 0.1) is 0 Å². The van der Waals surface area contributed by atoms with Crippen LogP contribution in [0.3, 0.4) is 0 Å². The monoisotopic (exact) mass is 343 g/mol. The van der Waals surface area contributed by atoms with Crippen LogP contribution < -0.4 is 5.32 Å². The van der Waals surface area contributed by atoms with Crippen molar-refractivity contribution in [1.82, 2.24) is 15.1 Å². The van der Waals surface area contributed by atoms with E-state index >= 15 is 0 Å². The van der Waals surface area contributed by atoms with Gasteiger partial charge in [-0.3, -0.25) is 14.5 Å². The predicted octanol–water partition coefficient (Wildman–Crippen LogP) is 0.819. The number of benzene rings is 1. The highest BCUT2D eigenvalue weighted by Gasteiger charge is 2.26. The quantitative estimate of drug-likeness (QED) is 0.804. The molecule has 2 aliphatic heterocycles. The van der Waals surface area contributed by atoms with Gasteiger partial charge in [0, 0.05) is 38.3 Å². The maximum Gasteiger partial charge on any atom is 0.254 e. The standard InChI is InChI=1S/C19H25N3O3/c1-2-7-20-18(23)13-21-8-10-22(11-9-21)19(24)17-5-3-4-15-14-25-12-6-16(15)17/h2-5H,1,6-14H2,(H,20,23). The number of nitrogens with zero attached hydrogens (tertiary/aromatic N) is 2. The van der Waals surface area contributed by atoms with Gasteiger partial charge in [0.1, 0.15) is 0 Å². The van der Waals surface area contributed by atoms with Gasteiger partial charge in [0.25, 0.3) is 5.91 Å². The smallest absolute Gasteiger partial charge is 0.254 e. The molecule has 0 saturated carbocycles. The number of rotatable bonds is 5. The molecule has 0 spiro atoms. The van der Waals surface area contributed by atoms with Gasteiger partial charge >= 0.3 is 0 Å². The topological polar surface area (TPSA) is 61.9 Å². The van der Waals surface area contributed by atoms with Crippen molar-refractivity contribution in [3.05, 3.63) is 47.5 Å². The molecule has 2 amide bonds. The third-order valence-corrected chi connectivity index (χ3v) is 4.73. The zero-order chi connectivity index (χ0) is 17.6. The number of carbonyl (C=O) groups is 2. The largest absolute Gasteiger partial charge is 0.376 e. The number of amides is 2. The Morgan fingerprint density at radius 1 is 1.24 bits per heavy atom. The summed E-state index contributed by atoms with van der Waals surface area (Å²) in [5.74, 6) is 0.0892. The summed E-state index contributed by atoms with van der Waals surface area (Å²) in [4.78, 5) is 28.7. The Morgan fingerprint density at radius 2 is 2.04 bits per heavy atom. The van der Waals surface area contributed by atoms with Gasteiger partial charge in [-0.1, -0.05) is 18.2 Å². The van der Waals surface area contributed by atoms with Gasteiger partial charge in [-0.05, 0) is 23.6 Å². The van der Waals surface area contributed by atoms with E-state index in [2.05, 4.69) is 16.8 Å². The van der Waals surface area contributed by atoms with Crippen molar-refractivity contribution in [2.75, 3.05) is 45.9 Å². The first-order valence-electron chi connectivity index (χ1n) is 8.77. The van der Waals surface area contributed by atoms with Crippen LogP contribution in [0.25, 0.3) is 0 Å². The van der Waals surface area contributed by atoms with Crippen LogP contribution in [0.5, 0.6) is 0 Å². The van der Waals surface area contributed by atoms with Crippen molar-refractivity contribution in [2.45, 2.75) is 13.0 Å². The lowest BCUT2D eigenvalue weighted by atomic mass is 9.96. The lowest BCUT2D eigenvalue weighted by molar-refractivity contribution is -0.122. The highest BCUT2D eigenvalue weighted by Crippen LogP contribution is 2.22. The number of nitrogens with one attached hydrogen (secondary N) is 1. The van der Waals surface area contributed by atoms with Crippen LogP contribution >= 0.6 is 0 Å². The summed E-state index contributed by atoms with van der Waals surface area (Å²) in [7, 11) is 0. The Hall–Kier alpha value is -2.18. The average molecular weight is 343 g/mol. The minimum atomic E-state index is -0.00296. The van der Waals surface area contributed by atoms with Gasteiger partial charge in [0.15, 0.2) is 0 Å². The SMILES string of the molecule is C=CCNC(=O)CN1CCN(C(=O)c2cccc3c2CCOC3)CC1. The maximum absolute atomic E-state index is 12.9. The van der Waals surface area contributed by atoms with E-state index in [1.807, 2.05) is 23.1 Å². The normalized spacial score (nSPS) is 17.7. The van der Waals surface area contributed by atoms with Crippen molar-refractivity contribution in [2.24, 2.45) is 0 Å². The van der Waals surface area contributed by atoms with E-state index < -0.39 is 0 Å². The summed E-state index contributed by atoms with van der Waals surface area (Å²) in [5.41, 5.74) is 3.05. The highest BCUT2D eigenvalue weighted by molar-refractivity contribution is 5.96. The van der Waals surface area contributed by atoms with Crippen molar-refractivity contribution >= 4 is 11.8 Å². The third-order valence-electron chi connectivity index (χ3n) is 4.73. The fraction of sp³-hybridized carbons (Fsp3) is 0.474. The number of hydrogen-bond donors (Lipinski definition) is 1. The van der Waals surface area contributed by atoms with Crippen LogP contribution in [0.4, 0.5) is 0 Å². The van der Waals surface area contributed by atoms with Crippen molar-refractivity contribution in [3.63, 3.8) is 0 Å². The lowest BCUT2D eigenvalue weighted by Gasteiger charge is -2.35. The number of ether oxygens (including phenoxy) is 1. The molecule has 6 heteroatoms. The third kappa shape index (κ3) is 4.27. The van der Waals surface area contributed by atoms with Crippen LogP contribution in [-0.4, -0.2) is 67.5 Å². The van der Waals surface area contributed by atoms with Crippen molar-refractivity contribution < 1.29 is 14.3 Å². The number of piperazine rings is 1. The fourth-order valence-corrected chi connectivity index (χ4v) is 3.35. The minimum Gasteiger partial charge on any atom is -0.376 e. The van der Waals surface area contributed by atoms with Gasteiger partial charge in [0.05, 0.1) is 19.8 Å². The molecule has 134 valence electrons. The molecule has 0 aliphatic carbocycles. The van der Waals surface area contributed by atoms with Crippen LogP contribution in [0.15, 0.2) is 30.9 Å². The molecule has 3 rings (SSSR count). The number of hydrogen-bond acceptors (Lipinski definition) is 4. The van der Waals surface area contributed by atoms with E-state index in [0.29, 0.717) is 52.5 Å². The molecule has 1 saturated heterocycles. The second-order valence-corrected chi connectivity index (χ2v) is 6.41. The average Bonchev–Trinajstić information content (AvgIpc) is 2.66. The first kappa shape index (κ1) is 17.6. The van der Waals surface area contributed by atoms with E-state index in [4.69, 9.17) is 4.74 Å². The number of fused-ring (bicyclic) bond motifs is 1. The van der Waals surface area contributed by atoms with Gasteiger partial charge in [0.2, 0.25) is 5.91 Å². The van der Waals surface area contributed by atoms with E-state index in [1.54, 1.807) is 6.08 Å². The molecule has 2 heterocycles. The van der Waals surface area contributed by atoms with E-state index in [0.717, 1.165) is 23.1 Å². The summed E-state index contributed by atoms with van der Waals surface area (Å²) < 4.78 is 5.48. The molecule has 1 aromatic carbocycles. The molecule has 0 aromatic heterocycles. The molecule has 0 radical (unpaired) electrons. The lowest BCUT2D eigenvalue weighted by Crippen LogP contribution is -2.51. The van der Waals surface area contributed by atoms with Crippen LogP contribution in [0.2, 0.25) is 0 Å². The molecule has 0 unspecified atom stereocenters. The first-order chi connectivity index (χ1) is 12.2. The maximum atomic E-state index is 12.9. The predicted molar refractivity (Wildman–Crippen MR) is 95.4 cm³/mol. The number of carbonyl (C=O) groups excluding carboxylic acids is 2. The summed E-state index contributed by atoms with van der Waals surface area (Å²) in [5, 5.41) is 2.78. The molecular formula is C19H25N3O3. The zero-order valence-corrected chi connectivity index (χ0v) is 14.5. The van der Waals surface area contributed by atoms with Gasteiger partial charge in [-0.15, -0.1) is 6.58 Å². The summed E-state index contributed by atoms with van der Waals surface area (Å²) in [6.07, 6.45) is 2.46. The van der Waals surface area contributed by atoms with Crippen LogP contribution in [-0.2, 0) is 22.6 Å². The Bertz CT molecular complexity index is 651. The van der Waals surface area contributed by atoms with Crippen molar-refractivity contribution in [1.29, 1.82) is 0 Å². The fourth-order valence-electron chi connectivity index (χ4n) is 3.35. The van der Waals surface area contributed by atoms with Gasteiger partial charge in [-0.25, -0.2) is 0 Å². The Balaban J connectivity index is 1.57. The molecule has 0 bridgehead atoms. The molecule has 6 nitrogen and oxygen atoms in total. The summed E-state index contributed by atoms with van der Waals surface area (Å²) in [6, 6.07) is 5.88. The highest BCUT2D eigenvalue weighted by atomic mass is 16.5. The molecule has 25 heavy (non-hydrogen) atoms. The Labute approximate surface area is 148 Å². The molecular weight excluding hydrogens is 318 g/mol. The van der Waals surface area contributed by atoms with E-state index in [9.17, 15) is 9.59 Å². The molecule has 2 aliphatic rings. The summed E-state index contributed by atoms with van der Waals surface area (Å²) >= 11 is 0. The van der Waals surface area contributed by atoms with Gasteiger partial charge < -0.3 is 15.0 Å². The van der Waals surface area contributed by atoms with E-state index in [1.165, 1.54) is 0 Å². The molecule has 1 aromatic rings. The van der Waals surface area contributed by atoms with Crippen molar-refractivity contribution in [3.8, 4) is 0 Å². The van der Waals surface area contributed by atoms with E-state index in [-0.39, 0.29) is 11.8 Å². The molecule has 0 atom stereocenters. The zero-order valence-electron chi connectivity index (χ0n) is 14.5. The molecule has 1 fully saturated rings. The molecule has 1 N–H and O–H groups in total. The summed E-state index contributed by atoms with van der Waals surface area (Å²) in [6.45, 7) is 8.42. The minimum absolute atomic E-state index is 0.00296. The van der Waals surface area contributed by atoms with Crippen LogP contribution in [0.1, 0.15) is 21.5 Å². The van der Waals surface area contributed by atoms with Gasteiger partial charge in [-0.2, -0.15) is 0 Å².